The van der Waals surface area contributed by atoms with Crippen molar-refractivity contribution in [1.82, 2.24) is 10.6 Å². The van der Waals surface area contributed by atoms with Gasteiger partial charge in [-0.05, 0) is 54.7 Å². The van der Waals surface area contributed by atoms with Crippen molar-refractivity contribution in [3.8, 4) is 0 Å². The molecular weight excluding hydrogens is 386 g/mol. The fourth-order valence-corrected chi connectivity index (χ4v) is 4.00. The molecule has 0 aliphatic carbocycles. The zero-order chi connectivity index (χ0) is 21.6. The quantitative estimate of drug-likeness (QED) is 0.632. The van der Waals surface area contributed by atoms with Gasteiger partial charge >= 0.3 is 6.03 Å². The Morgan fingerprint density at radius 3 is 2.35 bits per heavy atom. The first-order valence-electron chi connectivity index (χ1n) is 10.7. The molecule has 31 heavy (non-hydrogen) atoms. The third kappa shape index (κ3) is 4.94. The highest BCUT2D eigenvalue weighted by atomic mass is 16.2. The van der Waals surface area contributed by atoms with E-state index in [1.807, 2.05) is 77.7 Å². The van der Waals surface area contributed by atoms with Crippen LogP contribution in [0.4, 0.5) is 10.5 Å². The van der Waals surface area contributed by atoms with Gasteiger partial charge in [0.15, 0.2) is 0 Å². The van der Waals surface area contributed by atoms with Crippen molar-refractivity contribution in [2.75, 3.05) is 11.4 Å². The highest BCUT2D eigenvalue weighted by Gasteiger charge is 2.31. The van der Waals surface area contributed by atoms with Crippen LogP contribution >= 0.6 is 0 Å². The zero-order valence-electron chi connectivity index (χ0n) is 17.7. The van der Waals surface area contributed by atoms with Crippen molar-refractivity contribution in [3.63, 3.8) is 0 Å². The summed E-state index contributed by atoms with van der Waals surface area (Å²) in [5.41, 5.74) is 4.94. The van der Waals surface area contributed by atoms with Crippen molar-refractivity contribution < 1.29 is 9.59 Å². The number of amides is 3. The molecule has 3 aromatic rings. The Bertz CT molecular complexity index is 1050. The monoisotopic (exact) mass is 413 g/mol. The van der Waals surface area contributed by atoms with E-state index in [4.69, 9.17) is 0 Å². The highest BCUT2D eigenvalue weighted by molar-refractivity contribution is 6.07. The predicted molar refractivity (Wildman–Crippen MR) is 123 cm³/mol. The maximum absolute atomic E-state index is 13.1. The average Bonchev–Trinajstić information content (AvgIpc) is 3.13. The topological polar surface area (TPSA) is 61.4 Å². The molecule has 0 bridgehead atoms. The number of nitrogens with one attached hydrogen (secondary N) is 2. The lowest BCUT2D eigenvalue weighted by Gasteiger charge is -2.23. The molecule has 3 amide bonds. The van der Waals surface area contributed by atoms with E-state index in [0.29, 0.717) is 18.7 Å². The minimum Gasteiger partial charge on any atom is -0.338 e. The van der Waals surface area contributed by atoms with Crippen molar-refractivity contribution in [1.29, 1.82) is 0 Å². The number of carbonyl (C=O) groups excluding carboxylic acids is 2. The molecule has 1 aliphatic heterocycles. The summed E-state index contributed by atoms with van der Waals surface area (Å²) < 4.78 is 0. The number of carbonyl (C=O) groups is 2. The Labute approximate surface area is 183 Å². The number of anilines is 1. The molecular formula is C26H27N3O2. The number of nitrogens with zero attached hydrogens (tertiary/aromatic N) is 1. The summed E-state index contributed by atoms with van der Waals surface area (Å²) in [6.07, 6.45) is 1.63. The van der Waals surface area contributed by atoms with E-state index in [9.17, 15) is 9.59 Å². The molecule has 2 N–H and O–H groups in total. The number of hydrogen-bond acceptors (Lipinski definition) is 2. The summed E-state index contributed by atoms with van der Waals surface area (Å²) in [5, 5.41) is 5.80. The first-order chi connectivity index (χ1) is 15.1. The lowest BCUT2D eigenvalue weighted by Crippen LogP contribution is -2.36. The number of hydrogen-bond donors (Lipinski definition) is 2. The molecule has 0 saturated carbocycles. The van der Waals surface area contributed by atoms with Gasteiger partial charge in [-0.25, -0.2) is 4.79 Å². The standard InChI is InChI=1S/C26H27N3O2/c1-19-16-23-13-12-21(17-24(23)29(19)25(30)22-10-6-3-7-11-22)18-28-26(31)27-15-14-20-8-4-2-5-9-20/h2-13,17,19H,14-16,18H2,1H3,(H2,27,28,31). The van der Waals surface area contributed by atoms with Gasteiger partial charge in [0.1, 0.15) is 0 Å². The van der Waals surface area contributed by atoms with Crippen molar-refractivity contribution >= 4 is 17.6 Å². The molecule has 5 nitrogen and oxygen atoms in total. The number of rotatable bonds is 6. The summed E-state index contributed by atoms with van der Waals surface area (Å²) >= 11 is 0. The van der Waals surface area contributed by atoms with Crippen LogP contribution in [-0.2, 0) is 19.4 Å². The van der Waals surface area contributed by atoms with Crippen LogP contribution in [0.3, 0.4) is 0 Å². The number of urea groups is 1. The van der Waals surface area contributed by atoms with Gasteiger partial charge in [0.2, 0.25) is 0 Å². The Balaban J connectivity index is 1.36. The molecule has 158 valence electrons. The second kappa shape index (κ2) is 9.47. The van der Waals surface area contributed by atoms with Crippen LogP contribution in [-0.4, -0.2) is 24.5 Å². The SMILES string of the molecule is CC1Cc2ccc(CNC(=O)NCCc3ccccc3)cc2N1C(=O)c1ccccc1. The Morgan fingerprint density at radius 1 is 0.903 bits per heavy atom. The average molecular weight is 414 g/mol. The van der Waals surface area contributed by atoms with Crippen molar-refractivity contribution in [2.45, 2.75) is 32.4 Å². The Morgan fingerprint density at radius 2 is 1.61 bits per heavy atom. The molecule has 0 aromatic heterocycles. The third-order valence-corrected chi connectivity index (χ3v) is 5.60. The van der Waals surface area contributed by atoms with E-state index >= 15 is 0 Å². The second-order valence-electron chi connectivity index (χ2n) is 7.90. The first-order valence-corrected chi connectivity index (χ1v) is 10.7. The normalized spacial score (nSPS) is 14.7. The van der Waals surface area contributed by atoms with Crippen molar-refractivity contribution in [2.24, 2.45) is 0 Å². The molecule has 0 radical (unpaired) electrons. The molecule has 1 heterocycles. The van der Waals surface area contributed by atoms with Crippen LogP contribution in [0.2, 0.25) is 0 Å². The van der Waals surface area contributed by atoms with Gasteiger partial charge in [0.05, 0.1) is 0 Å². The minimum absolute atomic E-state index is 0.00983. The van der Waals surface area contributed by atoms with Gasteiger partial charge in [0, 0.05) is 30.4 Å². The van der Waals surface area contributed by atoms with Gasteiger partial charge in [-0.3, -0.25) is 4.79 Å². The lowest BCUT2D eigenvalue weighted by molar-refractivity contribution is 0.0981. The van der Waals surface area contributed by atoms with Crippen LogP contribution in [0.15, 0.2) is 78.9 Å². The second-order valence-corrected chi connectivity index (χ2v) is 7.90. The van der Waals surface area contributed by atoms with E-state index in [-0.39, 0.29) is 18.0 Å². The van der Waals surface area contributed by atoms with E-state index in [1.165, 1.54) is 5.56 Å². The summed E-state index contributed by atoms with van der Waals surface area (Å²) in [6.45, 7) is 3.06. The fraction of sp³-hybridized carbons (Fsp3) is 0.231. The van der Waals surface area contributed by atoms with Gasteiger partial charge < -0.3 is 15.5 Å². The lowest BCUT2D eigenvalue weighted by atomic mass is 10.1. The van der Waals surface area contributed by atoms with E-state index in [2.05, 4.69) is 23.6 Å². The minimum atomic E-state index is -0.193. The molecule has 1 aliphatic rings. The number of fused-ring (bicyclic) bond motifs is 1. The number of benzene rings is 3. The zero-order valence-corrected chi connectivity index (χ0v) is 17.7. The van der Waals surface area contributed by atoms with Crippen LogP contribution in [0.25, 0.3) is 0 Å². The van der Waals surface area contributed by atoms with Gasteiger partial charge in [0.25, 0.3) is 5.91 Å². The smallest absolute Gasteiger partial charge is 0.315 e. The Kier molecular flexibility index (Phi) is 6.32. The van der Waals surface area contributed by atoms with Crippen LogP contribution < -0.4 is 15.5 Å². The van der Waals surface area contributed by atoms with Crippen LogP contribution in [0.1, 0.15) is 34.0 Å². The fourth-order valence-electron chi connectivity index (χ4n) is 4.00. The molecule has 4 rings (SSSR count). The molecule has 0 fully saturated rings. The Hall–Kier alpha value is -3.60. The van der Waals surface area contributed by atoms with E-state index in [1.54, 1.807) is 0 Å². The van der Waals surface area contributed by atoms with E-state index < -0.39 is 0 Å². The molecule has 0 saturated heterocycles. The third-order valence-electron chi connectivity index (χ3n) is 5.60. The first kappa shape index (κ1) is 20.7. The van der Waals surface area contributed by atoms with Gasteiger partial charge in [-0.2, -0.15) is 0 Å². The molecule has 3 aromatic carbocycles. The van der Waals surface area contributed by atoms with E-state index in [0.717, 1.165) is 29.7 Å². The highest BCUT2D eigenvalue weighted by Crippen LogP contribution is 2.34. The summed E-state index contributed by atoms with van der Waals surface area (Å²) in [4.78, 5) is 27.1. The molecule has 5 heteroatoms. The van der Waals surface area contributed by atoms with Gasteiger partial charge in [-0.15, -0.1) is 0 Å². The largest absolute Gasteiger partial charge is 0.338 e. The molecule has 1 atom stereocenters. The molecule has 1 unspecified atom stereocenters. The van der Waals surface area contributed by atoms with Crippen LogP contribution in [0.5, 0.6) is 0 Å². The summed E-state index contributed by atoms with van der Waals surface area (Å²) in [7, 11) is 0. The molecule has 0 spiro atoms. The predicted octanol–water partition coefficient (Wildman–Crippen LogP) is 4.32. The summed E-state index contributed by atoms with van der Waals surface area (Å²) in [5.74, 6) is 0.00983. The maximum atomic E-state index is 13.1. The van der Waals surface area contributed by atoms with Gasteiger partial charge in [-0.1, -0.05) is 60.7 Å². The summed E-state index contributed by atoms with van der Waals surface area (Å²) in [6, 6.07) is 25.4. The van der Waals surface area contributed by atoms with Crippen LogP contribution in [0, 0.1) is 0 Å². The van der Waals surface area contributed by atoms with Crippen molar-refractivity contribution in [3.05, 3.63) is 101 Å². The maximum Gasteiger partial charge on any atom is 0.315 e.